The lowest BCUT2D eigenvalue weighted by atomic mass is 10.1. The highest BCUT2D eigenvalue weighted by Crippen LogP contribution is 2.32. The van der Waals surface area contributed by atoms with Crippen LogP contribution in [0.25, 0.3) is 6.08 Å². The lowest BCUT2D eigenvalue weighted by Crippen LogP contribution is -2.32. The highest BCUT2D eigenvalue weighted by Gasteiger charge is 2.31. The molecule has 5 nitrogen and oxygen atoms in total. The molecule has 0 radical (unpaired) electrons. The van der Waals surface area contributed by atoms with E-state index in [0.29, 0.717) is 28.6 Å². The van der Waals surface area contributed by atoms with Crippen LogP contribution in [0.1, 0.15) is 24.0 Å². The third-order valence-electron chi connectivity index (χ3n) is 4.15. The maximum absolute atomic E-state index is 12.6. The number of hydrazine groups is 1. The quantitative estimate of drug-likeness (QED) is 0.408. The average molecular weight is 412 g/mol. The molecule has 28 heavy (non-hydrogen) atoms. The van der Waals surface area contributed by atoms with Gasteiger partial charge in [-0.05, 0) is 37.1 Å². The molecule has 7 heteroatoms. The number of thioether (sulfide) groups is 1. The van der Waals surface area contributed by atoms with Crippen LogP contribution in [-0.4, -0.2) is 27.6 Å². The molecule has 0 spiro atoms. The fourth-order valence-electron chi connectivity index (χ4n) is 2.63. The van der Waals surface area contributed by atoms with Crippen molar-refractivity contribution in [3.05, 3.63) is 70.6 Å². The predicted molar refractivity (Wildman–Crippen MR) is 118 cm³/mol. The average Bonchev–Trinajstić information content (AvgIpc) is 2.96. The zero-order valence-corrected chi connectivity index (χ0v) is 17.1. The van der Waals surface area contributed by atoms with Crippen molar-refractivity contribution in [2.24, 2.45) is 0 Å². The Morgan fingerprint density at radius 3 is 2.57 bits per heavy atom. The van der Waals surface area contributed by atoms with Crippen LogP contribution >= 0.6 is 24.0 Å². The van der Waals surface area contributed by atoms with Crippen molar-refractivity contribution in [1.29, 1.82) is 0 Å². The summed E-state index contributed by atoms with van der Waals surface area (Å²) in [5, 5.41) is 0. The second kappa shape index (κ2) is 9.52. The Morgan fingerprint density at radius 2 is 1.86 bits per heavy atom. The predicted octanol–water partition coefficient (Wildman–Crippen LogP) is 4.12. The summed E-state index contributed by atoms with van der Waals surface area (Å²) in [6, 6.07) is 17.4. The van der Waals surface area contributed by atoms with Crippen LogP contribution in [0.3, 0.4) is 0 Å². The zero-order chi connectivity index (χ0) is 19.9. The highest BCUT2D eigenvalue weighted by molar-refractivity contribution is 8.26. The number of nitrogens with zero attached hydrogens (tertiary/aromatic N) is 1. The van der Waals surface area contributed by atoms with E-state index >= 15 is 0 Å². The van der Waals surface area contributed by atoms with E-state index in [1.54, 1.807) is 4.90 Å². The summed E-state index contributed by atoms with van der Waals surface area (Å²) in [5.74, 6) is -0.233. The number of carbonyl (C=O) groups excluding carboxylic acids is 2. The van der Waals surface area contributed by atoms with Crippen molar-refractivity contribution in [3.8, 4) is 0 Å². The van der Waals surface area contributed by atoms with Crippen molar-refractivity contribution in [2.75, 3.05) is 12.0 Å². The number of rotatable bonds is 7. The van der Waals surface area contributed by atoms with Crippen LogP contribution < -0.4 is 10.9 Å². The summed E-state index contributed by atoms with van der Waals surface area (Å²) < 4.78 is 0.534. The second-order valence-corrected chi connectivity index (χ2v) is 8.06. The number of amides is 2. The van der Waals surface area contributed by atoms with Gasteiger partial charge in [0, 0.05) is 13.0 Å². The molecule has 2 amide bonds. The molecular weight excluding hydrogens is 390 g/mol. The van der Waals surface area contributed by atoms with Gasteiger partial charge in [0.05, 0.1) is 10.6 Å². The van der Waals surface area contributed by atoms with Gasteiger partial charge in [-0.15, -0.1) is 0 Å². The van der Waals surface area contributed by atoms with Crippen molar-refractivity contribution in [1.82, 2.24) is 10.3 Å². The van der Waals surface area contributed by atoms with E-state index in [4.69, 9.17) is 12.2 Å². The maximum Gasteiger partial charge on any atom is 0.266 e. The molecule has 1 heterocycles. The summed E-state index contributed by atoms with van der Waals surface area (Å²) in [6.07, 6.45) is 2.69. The van der Waals surface area contributed by atoms with Gasteiger partial charge in [-0.25, -0.2) is 0 Å². The number of nitrogens with one attached hydrogen (secondary N) is 2. The molecule has 1 aliphatic rings. The Bertz CT molecular complexity index is 896. The summed E-state index contributed by atoms with van der Waals surface area (Å²) in [5.41, 5.74) is 8.47. The lowest BCUT2D eigenvalue weighted by molar-refractivity contribution is -0.123. The van der Waals surface area contributed by atoms with Crippen LogP contribution in [0, 0.1) is 6.92 Å². The van der Waals surface area contributed by atoms with Gasteiger partial charge in [0.2, 0.25) is 5.91 Å². The number of thiocarbonyl (C=S) groups is 1. The van der Waals surface area contributed by atoms with Crippen LogP contribution in [-0.2, 0) is 9.59 Å². The van der Waals surface area contributed by atoms with E-state index in [1.807, 2.05) is 67.6 Å². The number of hydrogen-bond donors (Lipinski definition) is 2. The van der Waals surface area contributed by atoms with E-state index in [-0.39, 0.29) is 11.8 Å². The summed E-state index contributed by atoms with van der Waals surface area (Å²) in [7, 11) is 0. The molecule has 1 saturated heterocycles. The molecular formula is C21H21N3O2S2. The Hall–Kier alpha value is -2.64. The van der Waals surface area contributed by atoms with Gasteiger partial charge in [-0.1, -0.05) is 72.0 Å². The lowest BCUT2D eigenvalue weighted by Gasteiger charge is -2.14. The molecule has 1 fully saturated rings. The minimum atomic E-state index is -0.135. The molecule has 0 bridgehead atoms. The van der Waals surface area contributed by atoms with E-state index in [2.05, 4.69) is 10.9 Å². The summed E-state index contributed by atoms with van der Waals surface area (Å²) in [6.45, 7) is 2.45. The topological polar surface area (TPSA) is 61.4 Å². The first kappa shape index (κ1) is 20.1. The molecule has 144 valence electrons. The molecule has 1 aliphatic heterocycles. The van der Waals surface area contributed by atoms with Gasteiger partial charge in [0.15, 0.2) is 0 Å². The Labute approximate surface area is 174 Å². The SMILES string of the molecule is Cc1ccc(C=C2SC(=S)N(CCCC(=O)NNc3ccccc3)C2=O)cc1. The van der Waals surface area contributed by atoms with Crippen LogP contribution in [0.5, 0.6) is 0 Å². The second-order valence-electron chi connectivity index (χ2n) is 6.39. The van der Waals surface area contributed by atoms with Crippen molar-refractivity contribution in [2.45, 2.75) is 19.8 Å². The number of anilines is 1. The number of hydrogen-bond acceptors (Lipinski definition) is 5. The van der Waals surface area contributed by atoms with Crippen LogP contribution in [0.15, 0.2) is 59.5 Å². The molecule has 2 aromatic carbocycles. The molecule has 0 aromatic heterocycles. The van der Waals surface area contributed by atoms with E-state index < -0.39 is 0 Å². The Morgan fingerprint density at radius 1 is 1.14 bits per heavy atom. The van der Waals surface area contributed by atoms with Crippen LogP contribution in [0.4, 0.5) is 5.69 Å². The summed E-state index contributed by atoms with van der Waals surface area (Å²) >= 11 is 6.64. The fourth-order valence-corrected chi connectivity index (χ4v) is 3.94. The molecule has 0 saturated carbocycles. The number of benzene rings is 2. The number of carbonyl (C=O) groups is 2. The first-order valence-electron chi connectivity index (χ1n) is 8.95. The third-order valence-corrected chi connectivity index (χ3v) is 5.53. The first-order chi connectivity index (χ1) is 13.5. The number of para-hydroxylation sites is 1. The minimum Gasteiger partial charge on any atom is -0.299 e. The molecule has 3 rings (SSSR count). The monoisotopic (exact) mass is 411 g/mol. The molecule has 0 aliphatic carbocycles. The molecule has 0 unspecified atom stereocenters. The van der Waals surface area contributed by atoms with Crippen molar-refractivity contribution in [3.63, 3.8) is 0 Å². The van der Waals surface area contributed by atoms with E-state index in [1.165, 1.54) is 17.3 Å². The Balaban J connectivity index is 1.48. The fraction of sp³-hybridized carbons (Fsp3) is 0.190. The largest absolute Gasteiger partial charge is 0.299 e. The zero-order valence-electron chi connectivity index (χ0n) is 15.5. The van der Waals surface area contributed by atoms with Crippen molar-refractivity contribution >= 4 is 51.9 Å². The smallest absolute Gasteiger partial charge is 0.266 e. The highest BCUT2D eigenvalue weighted by atomic mass is 32.2. The standard InChI is InChI=1S/C21H21N3O2S2/c1-15-9-11-16(12-10-15)14-18-20(26)24(21(27)28-18)13-5-8-19(25)23-22-17-6-3-2-4-7-17/h2-4,6-7,9-12,14,22H,5,8,13H2,1H3,(H,23,25). The Kier molecular flexibility index (Phi) is 6.84. The van der Waals surface area contributed by atoms with E-state index in [9.17, 15) is 9.59 Å². The van der Waals surface area contributed by atoms with Gasteiger partial charge in [-0.2, -0.15) is 0 Å². The van der Waals surface area contributed by atoms with Gasteiger partial charge in [0.25, 0.3) is 5.91 Å². The molecule has 2 N–H and O–H groups in total. The van der Waals surface area contributed by atoms with Gasteiger partial charge in [-0.3, -0.25) is 25.3 Å². The summed E-state index contributed by atoms with van der Waals surface area (Å²) in [4.78, 5) is 26.8. The van der Waals surface area contributed by atoms with Gasteiger partial charge < -0.3 is 0 Å². The third kappa shape index (κ3) is 5.43. The number of aryl methyl sites for hydroxylation is 1. The van der Waals surface area contributed by atoms with Crippen molar-refractivity contribution < 1.29 is 9.59 Å². The molecule has 0 atom stereocenters. The van der Waals surface area contributed by atoms with Gasteiger partial charge in [0.1, 0.15) is 4.32 Å². The minimum absolute atomic E-state index is 0.0987. The normalized spacial score (nSPS) is 15.2. The molecule has 2 aromatic rings. The maximum atomic E-state index is 12.6. The van der Waals surface area contributed by atoms with E-state index in [0.717, 1.165) is 11.3 Å². The first-order valence-corrected chi connectivity index (χ1v) is 10.2. The van der Waals surface area contributed by atoms with Crippen LogP contribution in [0.2, 0.25) is 0 Å². The van der Waals surface area contributed by atoms with Gasteiger partial charge >= 0.3 is 0 Å².